The Bertz CT molecular complexity index is 1810. The van der Waals surface area contributed by atoms with Crippen LogP contribution in [0, 0.1) is 13.8 Å². The third-order valence-corrected chi connectivity index (χ3v) is 8.41. The van der Waals surface area contributed by atoms with Crippen LogP contribution in [-0.4, -0.2) is 39.6 Å². The quantitative estimate of drug-likeness (QED) is 0.290. The Labute approximate surface area is 248 Å². The highest BCUT2D eigenvalue weighted by Crippen LogP contribution is 2.55. The molecule has 1 aliphatic carbocycles. The summed E-state index contributed by atoms with van der Waals surface area (Å²) in [6.07, 6.45) is 3.85. The summed E-state index contributed by atoms with van der Waals surface area (Å²) >= 11 is 6.46. The van der Waals surface area contributed by atoms with Crippen LogP contribution in [-0.2, 0) is 10.3 Å². The topological polar surface area (TPSA) is 98.6 Å². The van der Waals surface area contributed by atoms with Gasteiger partial charge in [-0.25, -0.2) is 9.97 Å². The van der Waals surface area contributed by atoms with Gasteiger partial charge in [0, 0.05) is 34.6 Å². The number of anilines is 2. The number of halogens is 1. The van der Waals surface area contributed by atoms with Crippen LogP contribution in [0.25, 0.3) is 11.4 Å². The second-order valence-corrected chi connectivity index (χ2v) is 11.9. The van der Waals surface area contributed by atoms with Crippen molar-refractivity contribution in [2.45, 2.75) is 58.2 Å². The first kappa shape index (κ1) is 26.5. The van der Waals surface area contributed by atoms with Crippen molar-refractivity contribution in [1.29, 1.82) is 0 Å². The molecule has 0 bridgehead atoms. The lowest BCUT2D eigenvalue weighted by Gasteiger charge is -2.36. The summed E-state index contributed by atoms with van der Waals surface area (Å²) in [5, 5.41) is 3.54. The molecule has 10 heteroatoms. The molecule has 1 unspecified atom stereocenters. The molecule has 2 aliphatic heterocycles. The minimum Gasteiger partial charge on any atom is -0.496 e. The van der Waals surface area contributed by atoms with Crippen molar-refractivity contribution in [3.05, 3.63) is 81.8 Å². The summed E-state index contributed by atoms with van der Waals surface area (Å²) in [6, 6.07) is 12.7. The highest BCUT2D eigenvalue weighted by molar-refractivity contribution is 6.31. The molecule has 214 valence electrons. The van der Waals surface area contributed by atoms with Gasteiger partial charge >= 0.3 is 0 Å². The maximum absolute atomic E-state index is 14.6. The van der Waals surface area contributed by atoms with Crippen molar-refractivity contribution < 1.29 is 19.1 Å². The number of carbonyl (C=O) groups excluding carboxylic acids is 2. The van der Waals surface area contributed by atoms with Crippen LogP contribution < -0.4 is 19.7 Å². The highest BCUT2D eigenvalue weighted by Gasteiger charge is 2.64. The first-order valence-corrected chi connectivity index (χ1v) is 14.4. The van der Waals surface area contributed by atoms with Crippen LogP contribution in [0.3, 0.4) is 0 Å². The predicted octanol–water partition coefficient (Wildman–Crippen LogP) is 6.20. The average molecular weight is 584 g/mol. The fourth-order valence-corrected chi connectivity index (χ4v) is 6.31. The number of nitrogens with zero attached hydrogens (tertiary/aromatic N) is 4. The Balaban J connectivity index is 1.52. The van der Waals surface area contributed by atoms with Gasteiger partial charge in [0.15, 0.2) is 11.2 Å². The largest absolute Gasteiger partial charge is 0.496 e. The zero-order valence-electron chi connectivity index (χ0n) is 24.0. The molecule has 2 aromatic heterocycles. The summed E-state index contributed by atoms with van der Waals surface area (Å²) in [4.78, 5) is 40.0. The maximum Gasteiger partial charge on any atom is 0.280 e. The van der Waals surface area contributed by atoms with E-state index in [0.29, 0.717) is 50.7 Å². The minimum atomic E-state index is -1.52. The second kappa shape index (κ2) is 9.32. The normalized spacial score (nSPS) is 19.0. The Morgan fingerprint density at radius 2 is 1.88 bits per heavy atom. The van der Waals surface area contributed by atoms with E-state index in [1.807, 2.05) is 56.5 Å². The van der Waals surface area contributed by atoms with Gasteiger partial charge in [-0.1, -0.05) is 29.8 Å². The Morgan fingerprint density at radius 3 is 2.60 bits per heavy atom. The monoisotopic (exact) mass is 583 g/mol. The number of nitrogens with one attached hydrogen (secondary N) is 1. The van der Waals surface area contributed by atoms with Crippen LogP contribution >= 0.6 is 11.6 Å². The van der Waals surface area contributed by atoms with Crippen molar-refractivity contribution >= 4 is 34.8 Å². The predicted molar refractivity (Wildman–Crippen MR) is 160 cm³/mol. The van der Waals surface area contributed by atoms with E-state index >= 15 is 0 Å². The van der Waals surface area contributed by atoms with Crippen LogP contribution in [0.4, 0.5) is 11.4 Å². The molecule has 4 heterocycles. The Kier molecular flexibility index (Phi) is 5.89. The summed E-state index contributed by atoms with van der Waals surface area (Å²) in [6.45, 7) is 7.87. The molecule has 7 rings (SSSR count). The van der Waals surface area contributed by atoms with Gasteiger partial charge in [-0.2, -0.15) is 0 Å². The van der Waals surface area contributed by atoms with Crippen molar-refractivity contribution in [2.75, 3.05) is 17.3 Å². The molecule has 9 nitrogen and oxygen atoms in total. The molecule has 42 heavy (non-hydrogen) atoms. The molecule has 1 spiro atoms. The molecule has 1 fully saturated rings. The first-order chi connectivity index (χ1) is 20.1. The SMILES string of the molecule is COc1cc(OC2CC2)ncc1-c1nc2c(n1C(C)C)C1(C(=O)Nc3cc(C)ccc31)N(c1cc(Cl)ccc1C)C2=O. The van der Waals surface area contributed by atoms with Crippen molar-refractivity contribution in [3.63, 3.8) is 0 Å². The zero-order chi connectivity index (χ0) is 29.5. The van der Waals surface area contributed by atoms with Crippen LogP contribution in [0.2, 0.25) is 5.02 Å². The van der Waals surface area contributed by atoms with E-state index in [1.165, 1.54) is 0 Å². The standard InChI is InChI=1S/C32H30ClN5O4/c1-16(2)37-28-27(36-29(37)21-15-34-26(14-25(21)41-5)42-20-9-10-20)30(39)38(24-13-19(33)8-7-18(24)4)32(28)22-11-6-17(3)12-23(22)35-31(32)40/h6-8,11-16,20H,9-10H2,1-5H3,(H,35,40). The van der Waals surface area contributed by atoms with E-state index in [9.17, 15) is 9.59 Å². The van der Waals surface area contributed by atoms with E-state index in [4.69, 9.17) is 26.1 Å². The number of fused-ring (bicyclic) bond motifs is 4. The fourth-order valence-electron chi connectivity index (χ4n) is 6.14. The van der Waals surface area contributed by atoms with Crippen molar-refractivity contribution in [1.82, 2.24) is 14.5 Å². The number of benzene rings is 2. The lowest BCUT2D eigenvalue weighted by Crippen LogP contribution is -2.51. The molecule has 2 amide bonds. The number of aryl methyl sites for hydroxylation is 2. The molecule has 0 saturated heterocycles. The van der Waals surface area contributed by atoms with Crippen LogP contribution in [0.5, 0.6) is 11.6 Å². The van der Waals surface area contributed by atoms with Gasteiger partial charge in [0.05, 0.1) is 24.1 Å². The van der Waals surface area contributed by atoms with E-state index in [0.717, 1.165) is 24.0 Å². The number of hydrogen-bond acceptors (Lipinski definition) is 6. The van der Waals surface area contributed by atoms with E-state index in [-0.39, 0.29) is 29.7 Å². The van der Waals surface area contributed by atoms with E-state index in [1.54, 1.807) is 36.4 Å². The number of imidazole rings is 1. The van der Waals surface area contributed by atoms with Gasteiger partial charge in [0.2, 0.25) is 5.88 Å². The molecule has 1 saturated carbocycles. The lowest BCUT2D eigenvalue weighted by atomic mass is 9.86. The maximum atomic E-state index is 14.6. The number of hydrogen-bond donors (Lipinski definition) is 1. The average Bonchev–Trinajstić information content (AvgIpc) is 3.53. The highest BCUT2D eigenvalue weighted by atomic mass is 35.5. The number of aromatic nitrogens is 3. The van der Waals surface area contributed by atoms with Gasteiger partial charge in [-0.15, -0.1) is 0 Å². The molecule has 3 aliphatic rings. The van der Waals surface area contributed by atoms with Crippen LogP contribution in [0.15, 0.2) is 48.7 Å². The molecule has 1 atom stereocenters. The molecular weight excluding hydrogens is 554 g/mol. The van der Waals surface area contributed by atoms with Crippen molar-refractivity contribution in [2.24, 2.45) is 0 Å². The number of amides is 2. The second-order valence-electron chi connectivity index (χ2n) is 11.4. The van der Waals surface area contributed by atoms with E-state index in [2.05, 4.69) is 10.3 Å². The zero-order valence-corrected chi connectivity index (χ0v) is 24.7. The third kappa shape index (κ3) is 3.69. The summed E-state index contributed by atoms with van der Waals surface area (Å²) < 4.78 is 13.6. The van der Waals surface area contributed by atoms with Gasteiger partial charge in [-0.3, -0.25) is 14.5 Å². The molecule has 1 N–H and O–H groups in total. The number of pyridine rings is 1. The summed E-state index contributed by atoms with van der Waals surface area (Å²) in [7, 11) is 1.58. The minimum absolute atomic E-state index is 0.178. The van der Waals surface area contributed by atoms with Crippen molar-refractivity contribution in [3.8, 4) is 23.0 Å². The number of rotatable bonds is 6. The Morgan fingerprint density at radius 1 is 1.10 bits per heavy atom. The molecule has 0 radical (unpaired) electrons. The van der Waals surface area contributed by atoms with Gasteiger partial charge in [0.1, 0.15) is 17.7 Å². The molecule has 2 aromatic carbocycles. The third-order valence-electron chi connectivity index (χ3n) is 8.18. The summed E-state index contributed by atoms with van der Waals surface area (Å²) in [5.41, 5.74) is 3.45. The van der Waals surface area contributed by atoms with Gasteiger partial charge < -0.3 is 19.4 Å². The lowest BCUT2D eigenvalue weighted by molar-refractivity contribution is -0.119. The number of carbonyl (C=O) groups is 2. The molecule has 4 aromatic rings. The van der Waals surface area contributed by atoms with Crippen LogP contribution in [0.1, 0.15) is 65.6 Å². The van der Waals surface area contributed by atoms with Gasteiger partial charge in [0.25, 0.3) is 11.8 Å². The van der Waals surface area contributed by atoms with Gasteiger partial charge in [-0.05, 0) is 69.9 Å². The number of ether oxygens (including phenoxy) is 2. The fraction of sp³-hybridized carbons (Fsp3) is 0.312. The molecular formula is C32H30ClN5O4. The smallest absolute Gasteiger partial charge is 0.280 e. The summed E-state index contributed by atoms with van der Waals surface area (Å²) in [5.74, 6) is 0.757. The first-order valence-electron chi connectivity index (χ1n) is 14.0. The van der Waals surface area contributed by atoms with E-state index < -0.39 is 5.54 Å². The number of methoxy groups -OCH3 is 1. The Hall–Kier alpha value is -4.37.